The summed E-state index contributed by atoms with van der Waals surface area (Å²) in [6.07, 6.45) is 0.956. The minimum atomic E-state index is -0.427. The second kappa shape index (κ2) is 5.77. The van der Waals surface area contributed by atoms with Gasteiger partial charge in [-0.25, -0.2) is 9.18 Å². The van der Waals surface area contributed by atoms with E-state index in [0.29, 0.717) is 10.8 Å². The van der Waals surface area contributed by atoms with Crippen LogP contribution in [0.15, 0.2) is 46.9 Å². The third-order valence-electron chi connectivity index (χ3n) is 3.62. The predicted molar refractivity (Wildman–Crippen MR) is 80.1 cm³/mol. The van der Waals surface area contributed by atoms with E-state index in [2.05, 4.69) is 5.16 Å². The molecule has 108 valence electrons. The number of hydrogen-bond acceptors (Lipinski definition) is 4. The van der Waals surface area contributed by atoms with Crippen molar-refractivity contribution in [3.05, 3.63) is 58.0 Å². The molecule has 21 heavy (non-hydrogen) atoms. The Kier molecular flexibility index (Phi) is 3.84. The molecule has 0 saturated heterocycles. The quantitative estimate of drug-likeness (QED) is 0.482. The first-order chi connectivity index (χ1) is 10.1. The normalized spacial score (nSPS) is 21.1. The predicted octanol–water partition coefficient (Wildman–Crippen LogP) is 4.22. The van der Waals surface area contributed by atoms with Gasteiger partial charge in [0.15, 0.2) is 0 Å². The Morgan fingerprint density at radius 3 is 2.76 bits per heavy atom. The fourth-order valence-corrected chi connectivity index (χ4v) is 2.95. The molecule has 3 rings (SSSR count). The Balaban J connectivity index is 1.59. The summed E-state index contributed by atoms with van der Waals surface area (Å²) in [6, 6.07) is 10.0. The van der Waals surface area contributed by atoms with Crippen molar-refractivity contribution in [1.82, 2.24) is 0 Å². The summed E-state index contributed by atoms with van der Waals surface area (Å²) in [4.78, 5) is 17.2. The van der Waals surface area contributed by atoms with Crippen LogP contribution in [0.4, 0.5) is 4.39 Å². The summed E-state index contributed by atoms with van der Waals surface area (Å²) >= 11 is 1.33. The van der Waals surface area contributed by atoms with Gasteiger partial charge in [-0.05, 0) is 48.4 Å². The Labute approximate surface area is 126 Å². The van der Waals surface area contributed by atoms with Gasteiger partial charge in [0.05, 0.1) is 5.71 Å². The molecule has 1 heterocycles. The lowest BCUT2D eigenvalue weighted by atomic mass is 10.1. The molecule has 0 bridgehead atoms. The van der Waals surface area contributed by atoms with Crippen LogP contribution in [0.3, 0.4) is 0 Å². The fraction of sp³-hybridized carbons (Fsp3) is 0.250. The third-order valence-corrected chi connectivity index (χ3v) is 4.47. The monoisotopic (exact) mass is 303 g/mol. The summed E-state index contributed by atoms with van der Waals surface area (Å²) in [6.45, 7) is 1.86. The number of thiophene rings is 1. The van der Waals surface area contributed by atoms with Gasteiger partial charge >= 0.3 is 5.97 Å². The molecule has 0 spiro atoms. The Morgan fingerprint density at radius 2 is 2.10 bits per heavy atom. The highest BCUT2D eigenvalue weighted by molar-refractivity contribution is 7.11. The lowest BCUT2D eigenvalue weighted by Gasteiger charge is -2.01. The molecular weight excluding hydrogens is 289 g/mol. The highest BCUT2D eigenvalue weighted by Gasteiger charge is 2.40. The summed E-state index contributed by atoms with van der Waals surface area (Å²) in [7, 11) is 0. The standard InChI is InChI=1S/C16H14FNO2S/c1-10(18-20-16(19)15-3-2-8-21-15)13-9-14(13)11-4-6-12(17)7-5-11/h2-8,13-14H,9H2,1H3/t13-,14-/m0/s1. The van der Waals surface area contributed by atoms with Gasteiger partial charge in [0.25, 0.3) is 0 Å². The molecule has 0 radical (unpaired) electrons. The topological polar surface area (TPSA) is 38.7 Å². The van der Waals surface area contributed by atoms with E-state index in [9.17, 15) is 9.18 Å². The maximum Gasteiger partial charge on any atom is 0.375 e. The maximum atomic E-state index is 12.9. The minimum Gasteiger partial charge on any atom is -0.312 e. The summed E-state index contributed by atoms with van der Waals surface area (Å²) in [5.74, 6) is -0.0454. The molecule has 1 aromatic heterocycles. The number of hydrogen-bond donors (Lipinski definition) is 0. The number of rotatable bonds is 4. The average molecular weight is 303 g/mol. The van der Waals surface area contributed by atoms with Gasteiger partial charge in [-0.3, -0.25) is 0 Å². The van der Waals surface area contributed by atoms with Crippen molar-refractivity contribution in [2.45, 2.75) is 19.3 Å². The summed E-state index contributed by atoms with van der Waals surface area (Å²) in [5, 5.41) is 5.75. The highest BCUT2D eigenvalue weighted by Crippen LogP contribution is 2.48. The lowest BCUT2D eigenvalue weighted by molar-refractivity contribution is 0.0520. The Hall–Kier alpha value is -2.01. The van der Waals surface area contributed by atoms with Gasteiger partial charge in [0.1, 0.15) is 10.7 Å². The van der Waals surface area contributed by atoms with Crippen molar-refractivity contribution in [3.8, 4) is 0 Å². The van der Waals surface area contributed by atoms with Crippen molar-refractivity contribution in [1.29, 1.82) is 0 Å². The molecule has 1 saturated carbocycles. The minimum absolute atomic E-state index is 0.230. The molecular formula is C16H14FNO2S. The van der Waals surface area contributed by atoms with E-state index >= 15 is 0 Å². The molecule has 0 aliphatic heterocycles. The summed E-state index contributed by atoms with van der Waals surface area (Å²) in [5.41, 5.74) is 1.90. The van der Waals surface area contributed by atoms with E-state index in [-0.39, 0.29) is 11.7 Å². The van der Waals surface area contributed by atoms with Crippen molar-refractivity contribution < 1.29 is 14.0 Å². The van der Waals surface area contributed by atoms with Crippen LogP contribution in [0.1, 0.15) is 34.5 Å². The fourth-order valence-electron chi connectivity index (χ4n) is 2.36. The zero-order chi connectivity index (χ0) is 14.8. The lowest BCUT2D eigenvalue weighted by Crippen LogP contribution is -2.03. The van der Waals surface area contributed by atoms with Crippen LogP contribution in [0.2, 0.25) is 0 Å². The van der Waals surface area contributed by atoms with Gasteiger partial charge in [-0.15, -0.1) is 11.3 Å². The van der Waals surface area contributed by atoms with Gasteiger partial charge in [0, 0.05) is 5.92 Å². The third kappa shape index (κ3) is 3.19. The van der Waals surface area contributed by atoms with Gasteiger partial charge in [0.2, 0.25) is 0 Å². The van der Waals surface area contributed by atoms with E-state index < -0.39 is 5.97 Å². The molecule has 0 N–H and O–H groups in total. The van der Waals surface area contributed by atoms with Crippen molar-refractivity contribution in [2.24, 2.45) is 11.1 Å². The molecule has 0 unspecified atom stereocenters. The SMILES string of the molecule is CC(=NOC(=O)c1cccs1)[C@@H]1C[C@H]1c1ccc(F)cc1. The number of halogens is 1. The molecule has 0 amide bonds. The second-order valence-corrected chi connectivity index (χ2v) is 6.04. The van der Waals surface area contributed by atoms with Crippen LogP contribution in [0.25, 0.3) is 0 Å². The first-order valence-electron chi connectivity index (χ1n) is 6.70. The average Bonchev–Trinajstić information content (AvgIpc) is 3.09. The molecule has 1 fully saturated rings. The second-order valence-electron chi connectivity index (χ2n) is 5.09. The number of carbonyl (C=O) groups is 1. The largest absolute Gasteiger partial charge is 0.375 e. The van der Waals surface area contributed by atoms with E-state index in [4.69, 9.17) is 4.84 Å². The molecule has 5 heteroatoms. The molecule has 1 aliphatic rings. The number of carbonyl (C=O) groups excluding carboxylic acids is 1. The van der Waals surface area contributed by atoms with Gasteiger partial charge in [-0.1, -0.05) is 23.4 Å². The first-order valence-corrected chi connectivity index (χ1v) is 7.58. The summed E-state index contributed by atoms with van der Waals surface area (Å²) < 4.78 is 12.9. The molecule has 3 nitrogen and oxygen atoms in total. The van der Waals surface area contributed by atoms with Crippen LogP contribution < -0.4 is 0 Å². The number of nitrogens with zero attached hydrogens (tertiary/aromatic N) is 1. The zero-order valence-electron chi connectivity index (χ0n) is 11.5. The van der Waals surface area contributed by atoms with E-state index in [0.717, 1.165) is 17.7 Å². The highest BCUT2D eigenvalue weighted by atomic mass is 32.1. The van der Waals surface area contributed by atoms with Gasteiger partial charge in [-0.2, -0.15) is 0 Å². The molecule has 2 aromatic rings. The zero-order valence-corrected chi connectivity index (χ0v) is 12.3. The Morgan fingerprint density at radius 1 is 1.33 bits per heavy atom. The van der Waals surface area contributed by atoms with Crippen molar-refractivity contribution >= 4 is 23.0 Å². The Bertz CT molecular complexity index is 664. The van der Waals surface area contributed by atoms with Crippen LogP contribution in [0, 0.1) is 11.7 Å². The number of benzene rings is 1. The van der Waals surface area contributed by atoms with Crippen LogP contribution in [-0.2, 0) is 4.84 Å². The van der Waals surface area contributed by atoms with Crippen LogP contribution in [-0.4, -0.2) is 11.7 Å². The number of oxime groups is 1. The molecule has 2 atom stereocenters. The van der Waals surface area contributed by atoms with Gasteiger partial charge < -0.3 is 4.84 Å². The molecule has 1 aromatic carbocycles. The smallest absolute Gasteiger partial charge is 0.312 e. The maximum absolute atomic E-state index is 12.9. The van der Waals surface area contributed by atoms with E-state index in [1.54, 1.807) is 24.3 Å². The van der Waals surface area contributed by atoms with Crippen LogP contribution in [0.5, 0.6) is 0 Å². The van der Waals surface area contributed by atoms with E-state index in [1.807, 2.05) is 12.3 Å². The van der Waals surface area contributed by atoms with Crippen LogP contribution >= 0.6 is 11.3 Å². The first kappa shape index (κ1) is 13.9. The molecule has 1 aliphatic carbocycles. The van der Waals surface area contributed by atoms with E-state index in [1.165, 1.54) is 23.5 Å². The van der Waals surface area contributed by atoms with Crippen molar-refractivity contribution in [2.75, 3.05) is 0 Å². The van der Waals surface area contributed by atoms with Crippen molar-refractivity contribution in [3.63, 3.8) is 0 Å².